The van der Waals surface area contributed by atoms with E-state index in [1.807, 2.05) is 35.7 Å². The van der Waals surface area contributed by atoms with E-state index < -0.39 is 0 Å². The van der Waals surface area contributed by atoms with Gasteiger partial charge in [0, 0.05) is 34.6 Å². The Morgan fingerprint density at radius 2 is 2.29 bits per heavy atom. The van der Waals surface area contributed by atoms with E-state index in [0.29, 0.717) is 22.7 Å². The van der Waals surface area contributed by atoms with Gasteiger partial charge >= 0.3 is 0 Å². The number of rotatable bonds is 3. The van der Waals surface area contributed by atoms with E-state index in [4.69, 9.17) is 5.73 Å². The van der Waals surface area contributed by atoms with Crippen LogP contribution in [0.15, 0.2) is 18.3 Å². The Morgan fingerprint density at radius 3 is 3.00 bits per heavy atom. The Bertz CT molecular complexity index is 375. The SMILES string of the molecule is CC1SCCSC1C(O)Cc1cccnc1N. The van der Waals surface area contributed by atoms with E-state index in [0.717, 1.165) is 11.3 Å². The molecule has 0 radical (unpaired) electrons. The van der Waals surface area contributed by atoms with Crippen molar-refractivity contribution in [1.82, 2.24) is 4.98 Å². The first-order valence-electron chi connectivity index (χ1n) is 5.79. The molecule has 0 aromatic carbocycles. The lowest BCUT2D eigenvalue weighted by Gasteiger charge is -2.31. The van der Waals surface area contributed by atoms with E-state index in [1.54, 1.807) is 6.20 Å². The van der Waals surface area contributed by atoms with Gasteiger partial charge in [0.2, 0.25) is 0 Å². The van der Waals surface area contributed by atoms with Gasteiger partial charge in [-0.3, -0.25) is 0 Å². The van der Waals surface area contributed by atoms with Crippen molar-refractivity contribution in [2.75, 3.05) is 17.2 Å². The molecular weight excluding hydrogens is 252 g/mol. The molecule has 1 saturated heterocycles. The number of hydrogen-bond acceptors (Lipinski definition) is 5. The molecule has 17 heavy (non-hydrogen) atoms. The Kier molecular flexibility index (Phi) is 4.59. The summed E-state index contributed by atoms with van der Waals surface area (Å²) in [5, 5.41) is 11.1. The fraction of sp³-hybridized carbons (Fsp3) is 0.583. The Morgan fingerprint density at radius 1 is 1.53 bits per heavy atom. The average Bonchev–Trinajstić information content (AvgIpc) is 2.32. The summed E-state index contributed by atoms with van der Waals surface area (Å²) in [7, 11) is 0. The molecule has 1 aliphatic heterocycles. The lowest BCUT2D eigenvalue weighted by molar-refractivity contribution is 0.171. The van der Waals surface area contributed by atoms with Crippen molar-refractivity contribution in [3.8, 4) is 0 Å². The van der Waals surface area contributed by atoms with E-state index in [1.165, 1.54) is 5.75 Å². The van der Waals surface area contributed by atoms with Gasteiger partial charge in [-0.05, 0) is 11.6 Å². The lowest BCUT2D eigenvalue weighted by atomic mass is 10.0. The molecule has 3 atom stereocenters. The maximum Gasteiger partial charge on any atom is 0.126 e. The molecule has 1 aliphatic rings. The second-order valence-corrected chi connectivity index (χ2v) is 7.00. The number of thioether (sulfide) groups is 2. The third-order valence-corrected chi connectivity index (χ3v) is 6.21. The molecule has 3 unspecified atom stereocenters. The summed E-state index contributed by atoms with van der Waals surface area (Å²) in [5.41, 5.74) is 6.75. The van der Waals surface area contributed by atoms with Crippen LogP contribution in [0.2, 0.25) is 0 Å². The average molecular weight is 270 g/mol. The number of nitrogens with two attached hydrogens (primary N) is 1. The molecular formula is C12H18N2OS2. The van der Waals surface area contributed by atoms with E-state index >= 15 is 0 Å². The molecule has 0 aliphatic carbocycles. The number of nitrogen functional groups attached to an aromatic ring is 1. The summed E-state index contributed by atoms with van der Waals surface area (Å²) in [6, 6.07) is 3.81. The lowest BCUT2D eigenvalue weighted by Crippen LogP contribution is -2.36. The minimum atomic E-state index is -0.339. The number of hydrogen-bond donors (Lipinski definition) is 2. The van der Waals surface area contributed by atoms with Crippen LogP contribution in [0.5, 0.6) is 0 Å². The predicted molar refractivity (Wildman–Crippen MR) is 76.5 cm³/mol. The minimum absolute atomic E-state index is 0.299. The van der Waals surface area contributed by atoms with Crippen LogP contribution in [0.1, 0.15) is 12.5 Å². The van der Waals surface area contributed by atoms with Crippen molar-refractivity contribution >= 4 is 29.3 Å². The smallest absolute Gasteiger partial charge is 0.126 e. The van der Waals surface area contributed by atoms with Crippen LogP contribution < -0.4 is 5.73 Å². The molecule has 94 valence electrons. The Balaban J connectivity index is 2.01. The quantitative estimate of drug-likeness (QED) is 0.877. The molecule has 3 N–H and O–H groups in total. The van der Waals surface area contributed by atoms with Crippen LogP contribution in [-0.2, 0) is 6.42 Å². The molecule has 3 nitrogen and oxygen atoms in total. The maximum atomic E-state index is 10.3. The zero-order chi connectivity index (χ0) is 12.3. The van der Waals surface area contributed by atoms with Crippen LogP contribution in [0.3, 0.4) is 0 Å². The normalized spacial score (nSPS) is 26.7. The molecule has 2 heterocycles. The fourth-order valence-electron chi connectivity index (χ4n) is 2.04. The van der Waals surface area contributed by atoms with Gasteiger partial charge in [0.15, 0.2) is 0 Å². The number of pyridine rings is 1. The number of anilines is 1. The van der Waals surface area contributed by atoms with Crippen molar-refractivity contribution in [3.05, 3.63) is 23.9 Å². The molecule has 0 saturated carbocycles. The highest BCUT2D eigenvalue weighted by Gasteiger charge is 2.29. The Hall–Kier alpha value is -0.390. The van der Waals surface area contributed by atoms with Crippen LogP contribution in [0.4, 0.5) is 5.82 Å². The first kappa shape index (κ1) is 13.1. The summed E-state index contributed by atoms with van der Waals surface area (Å²) in [5.74, 6) is 2.84. The third kappa shape index (κ3) is 3.30. The summed E-state index contributed by atoms with van der Waals surface area (Å²) in [4.78, 5) is 4.05. The summed E-state index contributed by atoms with van der Waals surface area (Å²) >= 11 is 3.81. The molecule has 0 amide bonds. The highest BCUT2D eigenvalue weighted by atomic mass is 32.2. The first-order valence-corrected chi connectivity index (χ1v) is 7.89. The standard InChI is InChI=1S/C12H18N2OS2/c1-8-11(17-6-5-16-8)10(15)7-9-3-2-4-14-12(9)13/h2-4,8,10-11,15H,5-7H2,1H3,(H2,13,14). The summed E-state index contributed by atoms with van der Waals surface area (Å²) in [6.45, 7) is 2.19. The summed E-state index contributed by atoms with van der Waals surface area (Å²) in [6.07, 6.45) is 1.94. The van der Waals surface area contributed by atoms with E-state index in [9.17, 15) is 5.11 Å². The van der Waals surface area contributed by atoms with Crippen molar-refractivity contribution in [2.45, 2.75) is 29.9 Å². The maximum absolute atomic E-state index is 10.3. The highest BCUT2D eigenvalue weighted by Crippen LogP contribution is 2.34. The van der Waals surface area contributed by atoms with Gasteiger partial charge in [-0.2, -0.15) is 23.5 Å². The topological polar surface area (TPSA) is 59.1 Å². The second-order valence-electron chi connectivity index (χ2n) is 4.23. The van der Waals surface area contributed by atoms with Gasteiger partial charge in [-0.15, -0.1) is 0 Å². The molecule has 0 bridgehead atoms. The zero-order valence-electron chi connectivity index (χ0n) is 9.87. The van der Waals surface area contributed by atoms with Crippen molar-refractivity contribution in [2.24, 2.45) is 0 Å². The molecule has 1 aromatic rings. The Labute approximate surface area is 111 Å². The van der Waals surface area contributed by atoms with Crippen LogP contribution in [-0.4, -0.2) is 38.2 Å². The largest absolute Gasteiger partial charge is 0.392 e. The van der Waals surface area contributed by atoms with E-state index in [-0.39, 0.29) is 6.10 Å². The van der Waals surface area contributed by atoms with Crippen molar-refractivity contribution in [1.29, 1.82) is 0 Å². The monoisotopic (exact) mass is 270 g/mol. The van der Waals surface area contributed by atoms with Gasteiger partial charge in [-0.1, -0.05) is 13.0 Å². The molecule has 0 spiro atoms. The molecule has 5 heteroatoms. The van der Waals surface area contributed by atoms with Gasteiger partial charge in [0.25, 0.3) is 0 Å². The van der Waals surface area contributed by atoms with Crippen LogP contribution >= 0.6 is 23.5 Å². The van der Waals surface area contributed by atoms with Gasteiger partial charge in [0.1, 0.15) is 5.82 Å². The van der Waals surface area contributed by atoms with Crippen molar-refractivity contribution < 1.29 is 5.11 Å². The van der Waals surface area contributed by atoms with Crippen LogP contribution in [0.25, 0.3) is 0 Å². The minimum Gasteiger partial charge on any atom is -0.392 e. The number of nitrogens with zero attached hydrogens (tertiary/aromatic N) is 1. The van der Waals surface area contributed by atoms with Crippen LogP contribution in [0, 0.1) is 0 Å². The second kappa shape index (κ2) is 5.98. The molecule has 2 rings (SSSR count). The first-order chi connectivity index (χ1) is 8.18. The number of aromatic nitrogens is 1. The molecule has 1 aromatic heterocycles. The van der Waals surface area contributed by atoms with E-state index in [2.05, 4.69) is 11.9 Å². The number of aliphatic hydroxyl groups excluding tert-OH is 1. The molecule has 1 fully saturated rings. The van der Waals surface area contributed by atoms with Gasteiger partial charge in [-0.25, -0.2) is 4.98 Å². The van der Waals surface area contributed by atoms with Crippen molar-refractivity contribution in [3.63, 3.8) is 0 Å². The van der Waals surface area contributed by atoms with Gasteiger partial charge in [0.05, 0.1) is 6.10 Å². The third-order valence-electron chi connectivity index (χ3n) is 2.97. The highest BCUT2D eigenvalue weighted by molar-refractivity contribution is 8.07. The summed E-state index contributed by atoms with van der Waals surface area (Å²) < 4.78 is 0. The van der Waals surface area contributed by atoms with Gasteiger partial charge < -0.3 is 10.8 Å². The zero-order valence-corrected chi connectivity index (χ0v) is 11.5. The number of aliphatic hydroxyl groups is 1. The fourth-order valence-corrected chi connectivity index (χ4v) is 4.88. The predicted octanol–water partition coefficient (Wildman–Crippen LogP) is 1.80.